The molecule has 1 aromatic rings. The van der Waals surface area contributed by atoms with E-state index in [9.17, 15) is 14.9 Å². The lowest BCUT2D eigenvalue weighted by Crippen LogP contribution is -2.32. The van der Waals surface area contributed by atoms with Crippen LogP contribution in [0.2, 0.25) is 0 Å². The molecule has 110 valence electrons. The summed E-state index contributed by atoms with van der Waals surface area (Å²) < 4.78 is 5.70. The van der Waals surface area contributed by atoms with Crippen LogP contribution in [0.4, 0.5) is 11.4 Å². The van der Waals surface area contributed by atoms with Crippen LogP contribution in [0.25, 0.3) is 0 Å². The fourth-order valence-corrected chi connectivity index (χ4v) is 2.30. The van der Waals surface area contributed by atoms with Crippen LogP contribution in [0.15, 0.2) is 18.2 Å². The summed E-state index contributed by atoms with van der Waals surface area (Å²) in [6, 6.07) is 4.97. The van der Waals surface area contributed by atoms with E-state index in [2.05, 4.69) is 0 Å². The molecule has 0 fully saturated rings. The van der Waals surface area contributed by atoms with E-state index in [1.54, 1.807) is 24.0 Å². The lowest BCUT2D eigenvalue weighted by molar-refractivity contribution is -0.384. The van der Waals surface area contributed by atoms with Crippen molar-refractivity contribution in [3.8, 4) is 0 Å². The Kier molecular flexibility index (Phi) is 6.69. The van der Waals surface area contributed by atoms with Gasteiger partial charge in [-0.3, -0.25) is 14.9 Å². The van der Waals surface area contributed by atoms with Gasteiger partial charge in [-0.25, -0.2) is 0 Å². The summed E-state index contributed by atoms with van der Waals surface area (Å²) in [5.74, 6) is -0.381. The zero-order valence-corrected chi connectivity index (χ0v) is 13.6. The highest BCUT2D eigenvalue weighted by atomic mass is 127. The largest absolute Gasteiger partial charge is 0.465 e. The number of nitro groups is 1. The molecule has 0 unspecified atom stereocenters. The van der Waals surface area contributed by atoms with Crippen molar-refractivity contribution in [2.45, 2.75) is 20.3 Å². The van der Waals surface area contributed by atoms with Gasteiger partial charge in [0.1, 0.15) is 12.2 Å². The van der Waals surface area contributed by atoms with Crippen LogP contribution < -0.4 is 4.90 Å². The average molecular weight is 392 g/mol. The van der Waals surface area contributed by atoms with Crippen molar-refractivity contribution in [3.05, 3.63) is 31.9 Å². The molecule has 0 amide bonds. The standard InChI is InChI=1S/C13H17IN2O4/c1-3-7-15(9-13(17)20-4-2)11-6-5-10(14)8-12(11)16(18)19/h5-6,8H,3-4,7,9H2,1-2H3. The molecular formula is C13H17IN2O4. The Labute approximate surface area is 131 Å². The Balaban J connectivity index is 3.07. The van der Waals surface area contributed by atoms with Crippen molar-refractivity contribution in [3.63, 3.8) is 0 Å². The van der Waals surface area contributed by atoms with Crippen molar-refractivity contribution < 1.29 is 14.5 Å². The molecule has 0 saturated carbocycles. The summed E-state index contributed by atoms with van der Waals surface area (Å²) >= 11 is 2.02. The van der Waals surface area contributed by atoms with E-state index in [0.29, 0.717) is 18.8 Å². The van der Waals surface area contributed by atoms with Crippen LogP contribution in [-0.2, 0) is 9.53 Å². The number of anilines is 1. The Morgan fingerprint density at radius 3 is 2.70 bits per heavy atom. The lowest BCUT2D eigenvalue weighted by atomic mass is 10.2. The second-order valence-corrected chi connectivity index (χ2v) is 5.36. The number of esters is 1. The molecular weight excluding hydrogens is 375 g/mol. The first kappa shape index (κ1) is 16.7. The molecule has 0 spiro atoms. The van der Waals surface area contributed by atoms with Crippen LogP contribution in [0.5, 0.6) is 0 Å². The molecule has 0 aliphatic heterocycles. The second kappa shape index (κ2) is 8.03. The monoisotopic (exact) mass is 392 g/mol. The van der Waals surface area contributed by atoms with E-state index < -0.39 is 4.92 Å². The van der Waals surface area contributed by atoms with Crippen molar-refractivity contribution in [2.24, 2.45) is 0 Å². The Morgan fingerprint density at radius 1 is 1.45 bits per heavy atom. The van der Waals surface area contributed by atoms with E-state index in [1.807, 2.05) is 29.5 Å². The molecule has 7 heteroatoms. The maximum Gasteiger partial charge on any atom is 0.325 e. The highest BCUT2D eigenvalue weighted by molar-refractivity contribution is 14.1. The summed E-state index contributed by atoms with van der Waals surface area (Å²) in [5.41, 5.74) is 0.458. The van der Waals surface area contributed by atoms with Gasteiger partial charge in [0, 0.05) is 16.2 Å². The number of hydrogen-bond donors (Lipinski definition) is 0. The maximum atomic E-state index is 11.6. The zero-order chi connectivity index (χ0) is 15.1. The third kappa shape index (κ3) is 4.62. The quantitative estimate of drug-likeness (QED) is 0.309. The number of ether oxygens (including phenoxy) is 1. The predicted octanol–water partition coefficient (Wildman–Crippen LogP) is 2.98. The molecule has 0 N–H and O–H groups in total. The van der Waals surface area contributed by atoms with E-state index >= 15 is 0 Å². The van der Waals surface area contributed by atoms with E-state index in [0.717, 1.165) is 9.99 Å². The van der Waals surface area contributed by atoms with Gasteiger partial charge in [-0.1, -0.05) is 6.92 Å². The number of halogens is 1. The van der Waals surface area contributed by atoms with Gasteiger partial charge in [0.15, 0.2) is 0 Å². The molecule has 0 heterocycles. The minimum Gasteiger partial charge on any atom is -0.465 e. The van der Waals surface area contributed by atoms with Gasteiger partial charge in [0.25, 0.3) is 5.69 Å². The van der Waals surface area contributed by atoms with Gasteiger partial charge in [-0.15, -0.1) is 0 Å². The minimum absolute atomic E-state index is 0.00893. The van der Waals surface area contributed by atoms with Crippen LogP contribution in [-0.4, -0.2) is 30.6 Å². The smallest absolute Gasteiger partial charge is 0.325 e. The van der Waals surface area contributed by atoms with Crippen LogP contribution in [0.3, 0.4) is 0 Å². The molecule has 0 radical (unpaired) electrons. The van der Waals surface area contributed by atoms with Crippen LogP contribution in [0, 0.1) is 13.7 Å². The summed E-state index contributed by atoms with van der Waals surface area (Å²) in [6.07, 6.45) is 0.780. The number of benzene rings is 1. The molecule has 20 heavy (non-hydrogen) atoms. The van der Waals surface area contributed by atoms with Gasteiger partial charge >= 0.3 is 5.97 Å². The van der Waals surface area contributed by atoms with E-state index in [-0.39, 0.29) is 18.2 Å². The maximum absolute atomic E-state index is 11.6. The highest BCUT2D eigenvalue weighted by Crippen LogP contribution is 2.30. The topological polar surface area (TPSA) is 72.7 Å². The van der Waals surface area contributed by atoms with Gasteiger partial charge in [-0.05, 0) is 48.1 Å². The average Bonchev–Trinajstić information content (AvgIpc) is 2.38. The van der Waals surface area contributed by atoms with Crippen LogP contribution in [0.1, 0.15) is 20.3 Å². The van der Waals surface area contributed by atoms with Gasteiger partial charge in [0.05, 0.1) is 11.5 Å². The second-order valence-electron chi connectivity index (χ2n) is 4.12. The summed E-state index contributed by atoms with van der Waals surface area (Å²) in [6.45, 7) is 4.56. The van der Waals surface area contributed by atoms with Crippen molar-refractivity contribution in [1.82, 2.24) is 0 Å². The first-order chi connectivity index (χ1) is 9.49. The normalized spacial score (nSPS) is 10.2. The fraction of sp³-hybridized carbons (Fsp3) is 0.462. The molecule has 0 bridgehead atoms. The van der Waals surface area contributed by atoms with Gasteiger partial charge < -0.3 is 9.64 Å². The minimum atomic E-state index is -0.425. The van der Waals surface area contributed by atoms with Crippen LogP contribution >= 0.6 is 22.6 Å². The zero-order valence-electron chi connectivity index (χ0n) is 11.5. The number of carbonyl (C=O) groups excluding carboxylic acids is 1. The Bertz CT molecular complexity index is 493. The van der Waals surface area contributed by atoms with Crippen molar-refractivity contribution >= 4 is 39.9 Å². The molecule has 6 nitrogen and oxygen atoms in total. The fourth-order valence-electron chi connectivity index (χ4n) is 1.83. The van der Waals surface area contributed by atoms with E-state index in [1.165, 1.54) is 6.07 Å². The first-order valence-electron chi connectivity index (χ1n) is 6.34. The lowest BCUT2D eigenvalue weighted by Gasteiger charge is -2.23. The molecule has 0 aliphatic rings. The SMILES string of the molecule is CCCN(CC(=O)OCC)c1ccc(I)cc1[N+](=O)[O-]. The van der Waals surface area contributed by atoms with E-state index in [4.69, 9.17) is 4.74 Å². The molecule has 0 aromatic heterocycles. The molecule has 0 aliphatic carbocycles. The summed E-state index contributed by atoms with van der Waals surface area (Å²) in [4.78, 5) is 24.0. The number of nitro benzene ring substituents is 1. The molecule has 1 aromatic carbocycles. The first-order valence-corrected chi connectivity index (χ1v) is 7.42. The van der Waals surface area contributed by atoms with Gasteiger partial charge in [-0.2, -0.15) is 0 Å². The predicted molar refractivity (Wildman–Crippen MR) is 85.0 cm³/mol. The summed E-state index contributed by atoms with van der Waals surface area (Å²) in [7, 11) is 0. The molecule has 0 saturated heterocycles. The molecule has 1 rings (SSSR count). The number of rotatable bonds is 7. The Hall–Kier alpha value is -1.38. The van der Waals surface area contributed by atoms with Gasteiger partial charge in [0.2, 0.25) is 0 Å². The molecule has 0 atom stereocenters. The third-order valence-corrected chi connectivity index (χ3v) is 3.26. The summed E-state index contributed by atoms with van der Waals surface area (Å²) in [5, 5.41) is 11.2. The number of carbonyl (C=O) groups is 1. The van der Waals surface area contributed by atoms with Crippen molar-refractivity contribution in [1.29, 1.82) is 0 Å². The number of nitrogens with zero attached hydrogens (tertiary/aromatic N) is 2. The highest BCUT2D eigenvalue weighted by Gasteiger charge is 2.21. The van der Waals surface area contributed by atoms with Crippen molar-refractivity contribution in [2.75, 3.05) is 24.6 Å². The Morgan fingerprint density at radius 2 is 2.15 bits per heavy atom. The third-order valence-electron chi connectivity index (χ3n) is 2.59. The number of hydrogen-bond acceptors (Lipinski definition) is 5.